The zero-order valence-corrected chi connectivity index (χ0v) is 16.8. The number of hydrogen-bond donors (Lipinski definition) is 2. The Morgan fingerprint density at radius 3 is 2.27 bits per heavy atom. The molecule has 1 aliphatic rings. The highest BCUT2D eigenvalue weighted by Gasteiger charge is 2.38. The van der Waals surface area contributed by atoms with Crippen LogP contribution in [0.25, 0.3) is 0 Å². The summed E-state index contributed by atoms with van der Waals surface area (Å²) in [5.41, 5.74) is 8.49. The molecule has 162 valence electrons. The fraction of sp³-hybridized carbons (Fsp3) is 0.333. The van der Waals surface area contributed by atoms with Gasteiger partial charge in [-0.05, 0) is 48.6 Å². The molecule has 1 saturated heterocycles. The number of carboxylic acids is 1. The van der Waals surface area contributed by atoms with Crippen LogP contribution in [0.3, 0.4) is 0 Å². The Morgan fingerprint density at radius 2 is 1.73 bits per heavy atom. The van der Waals surface area contributed by atoms with Gasteiger partial charge in [-0.15, -0.1) is 0 Å². The van der Waals surface area contributed by atoms with Gasteiger partial charge in [-0.3, -0.25) is 4.79 Å². The van der Waals surface area contributed by atoms with E-state index in [2.05, 4.69) is 0 Å². The van der Waals surface area contributed by atoms with E-state index in [4.69, 9.17) is 27.2 Å². The Balaban J connectivity index is 0.000000396. The van der Waals surface area contributed by atoms with Gasteiger partial charge in [-0.25, -0.2) is 4.79 Å². The quantitative estimate of drug-likeness (QED) is 0.740. The van der Waals surface area contributed by atoms with Crippen LogP contribution in [0.4, 0.5) is 13.2 Å². The topological polar surface area (TPSA) is 83.6 Å². The lowest BCUT2D eigenvalue weighted by Crippen LogP contribution is -2.36. The van der Waals surface area contributed by atoms with Crippen LogP contribution in [0.5, 0.6) is 0 Å². The molecule has 2 aromatic rings. The summed E-state index contributed by atoms with van der Waals surface area (Å²) in [5, 5.41) is 7.90. The smallest absolute Gasteiger partial charge is 0.475 e. The van der Waals surface area contributed by atoms with Gasteiger partial charge in [0.05, 0.1) is 0 Å². The van der Waals surface area contributed by atoms with Crippen molar-refractivity contribution >= 4 is 23.5 Å². The molecule has 0 aliphatic carbocycles. The molecular formula is C21H22ClF3N2O3. The van der Waals surface area contributed by atoms with Gasteiger partial charge in [0.25, 0.3) is 5.91 Å². The number of aliphatic carboxylic acids is 1. The second-order valence-corrected chi connectivity index (χ2v) is 7.20. The second-order valence-electron chi connectivity index (χ2n) is 6.79. The van der Waals surface area contributed by atoms with Gasteiger partial charge in [0.2, 0.25) is 0 Å². The Bertz CT molecular complexity index is 873. The van der Waals surface area contributed by atoms with E-state index in [0.717, 1.165) is 47.5 Å². The number of benzene rings is 2. The summed E-state index contributed by atoms with van der Waals surface area (Å²) in [6.07, 6.45) is -2.20. The number of nitrogens with two attached hydrogens (primary N) is 1. The first-order valence-corrected chi connectivity index (χ1v) is 9.64. The summed E-state index contributed by atoms with van der Waals surface area (Å²) in [6.45, 7) is 1.31. The summed E-state index contributed by atoms with van der Waals surface area (Å²) in [5.74, 6) is -2.66. The molecule has 0 spiro atoms. The van der Waals surface area contributed by atoms with E-state index in [-0.39, 0.29) is 11.9 Å². The number of likely N-dealkylation sites (tertiary alicyclic amines) is 1. The number of carbonyl (C=O) groups excluding carboxylic acids is 1. The Kier molecular flexibility index (Phi) is 8.25. The number of rotatable bonds is 4. The predicted molar refractivity (Wildman–Crippen MR) is 107 cm³/mol. The van der Waals surface area contributed by atoms with Crippen LogP contribution in [0.2, 0.25) is 5.02 Å². The standard InChI is InChI=1S/C19H21ClN2O.C2HF3O2/c20-18-6-2-1-4-16(18)12-17-5-3-11-22(17)19(23)15-9-7-14(13-21)8-10-15;3-2(4,5)1(6)7/h1-2,4,6-10,17H,3,5,11-13,21H2;(H,6,7). The Morgan fingerprint density at radius 1 is 1.13 bits per heavy atom. The first-order chi connectivity index (χ1) is 14.1. The summed E-state index contributed by atoms with van der Waals surface area (Å²) >= 11 is 6.27. The van der Waals surface area contributed by atoms with E-state index in [0.29, 0.717) is 6.54 Å². The molecule has 5 nitrogen and oxygen atoms in total. The average molecular weight is 443 g/mol. The number of amides is 1. The van der Waals surface area contributed by atoms with Gasteiger partial charge in [-0.2, -0.15) is 13.2 Å². The second kappa shape index (κ2) is 10.4. The van der Waals surface area contributed by atoms with Gasteiger partial charge in [0.15, 0.2) is 0 Å². The third-order valence-electron chi connectivity index (χ3n) is 4.73. The number of alkyl halides is 3. The summed E-state index contributed by atoms with van der Waals surface area (Å²) in [4.78, 5) is 23.7. The van der Waals surface area contributed by atoms with Crippen LogP contribution in [-0.4, -0.2) is 40.6 Å². The van der Waals surface area contributed by atoms with Crippen molar-refractivity contribution < 1.29 is 27.9 Å². The Labute approximate surface area is 177 Å². The van der Waals surface area contributed by atoms with E-state index < -0.39 is 12.1 Å². The molecule has 1 amide bonds. The fourth-order valence-corrected chi connectivity index (χ4v) is 3.40. The maximum absolute atomic E-state index is 12.8. The molecule has 2 aromatic carbocycles. The minimum absolute atomic E-state index is 0.100. The molecule has 0 aromatic heterocycles. The normalized spacial score (nSPS) is 16.0. The number of hydrogen-bond acceptors (Lipinski definition) is 3. The lowest BCUT2D eigenvalue weighted by molar-refractivity contribution is -0.192. The molecule has 1 aliphatic heterocycles. The zero-order valence-electron chi connectivity index (χ0n) is 16.0. The minimum Gasteiger partial charge on any atom is -0.475 e. The van der Waals surface area contributed by atoms with Gasteiger partial charge in [0.1, 0.15) is 0 Å². The fourth-order valence-electron chi connectivity index (χ4n) is 3.18. The van der Waals surface area contributed by atoms with Gasteiger partial charge in [-0.1, -0.05) is 41.9 Å². The van der Waals surface area contributed by atoms with Crippen LogP contribution in [-0.2, 0) is 17.8 Å². The maximum Gasteiger partial charge on any atom is 0.490 e. The number of nitrogens with zero attached hydrogens (tertiary/aromatic N) is 1. The summed E-state index contributed by atoms with van der Waals surface area (Å²) < 4.78 is 31.7. The van der Waals surface area contributed by atoms with Crippen molar-refractivity contribution in [2.45, 2.75) is 38.0 Å². The third-order valence-corrected chi connectivity index (χ3v) is 5.10. The van der Waals surface area contributed by atoms with Gasteiger partial charge in [0, 0.05) is 29.7 Å². The van der Waals surface area contributed by atoms with E-state index in [9.17, 15) is 18.0 Å². The van der Waals surface area contributed by atoms with Crippen molar-refractivity contribution in [2.75, 3.05) is 6.54 Å². The van der Waals surface area contributed by atoms with Crippen LogP contribution in [0.1, 0.15) is 34.3 Å². The first kappa shape index (κ1) is 23.7. The van der Waals surface area contributed by atoms with Crippen molar-refractivity contribution in [2.24, 2.45) is 5.73 Å². The molecule has 1 atom stereocenters. The van der Waals surface area contributed by atoms with E-state index in [1.54, 1.807) is 0 Å². The number of halogens is 4. The lowest BCUT2D eigenvalue weighted by atomic mass is 10.0. The molecular weight excluding hydrogens is 421 g/mol. The lowest BCUT2D eigenvalue weighted by Gasteiger charge is -2.25. The number of carboxylic acid groups (broad SMARTS) is 1. The molecule has 0 bridgehead atoms. The van der Waals surface area contributed by atoms with E-state index in [1.807, 2.05) is 53.4 Å². The van der Waals surface area contributed by atoms with Crippen molar-refractivity contribution in [3.05, 3.63) is 70.2 Å². The third kappa shape index (κ3) is 6.47. The first-order valence-electron chi connectivity index (χ1n) is 9.27. The summed E-state index contributed by atoms with van der Waals surface area (Å²) in [6, 6.07) is 15.7. The van der Waals surface area contributed by atoms with Crippen LogP contribution in [0, 0.1) is 0 Å². The van der Waals surface area contributed by atoms with Crippen LogP contribution >= 0.6 is 11.6 Å². The molecule has 9 heteroatoms. The van der Waals surface area contributed by atoms with E-state index in [1.165, 1.54) is 0 Å². The van der Waals surface area contributed by atoms with Crippen LogP contribution < -0.4 is 5.73 Å². The SMILES string of the molecule is NCc1ccc(C(=O)N2CCCC2Cc2ccccc2Cl)cc1.O=C(O)C(F)(F)F. The number of carbonyl (C=O) groups is 2. The average Bonchev–Trinajstić information content (AvgIpc) is 3.17. The van der Waals surface area contributed by atoms with E-state index >= 15 is 0 Å². The molecule has 3 N–H and O–H groups in total. The maximum atomic E-state index is 12.8. The van der Waals surface area contributed by atoms with Crippen molar-refractivity contribution in [1.82, 2.24) is 4.90 Å². The monoisotopic (exact) mass is 442 g/mol. The zero-order chi connectivity index (χ0) is 22.3. The highest BCUT2D eigenvalue weighted by atomic mass is 35.5. The largest absolute Gasteiger partial charge is 0.490 e. The van der Waals surface area contributed by atoms with Crippen LogP contribution in [0.15, 0.2) is 48.5 Å². The summed E-state index contributed by atoms with van der Waals surface area (Å²) in [7, 11) is 0. The molecule has 0 saturated carbocycles. The van der Waals surface area contributed by atoms with Crippen molar-refractivity contribution in [1.29, 1.82) is 0 Å². The predicted octanol–water partition coefficient (Wildman–Crippen LogP) is 4.28. The molecule has 1 unspecified atom stereocenters. The van der Waals surface area contributed by atoms with Gasteiger partial charge < -0.3 is 15.7 Å². The molecule has 3 rings (SSSR count). The highest BCUT2D eigenvalue weighted by Crippen LogP contribution is 2.26. The van der Waals surface area contributed by atoms with Crippen molar-refractivity contribution in [3.8, 4) is 0 Å². The molecule has 1 fully saturated rings. The molecule has 0 radical (unpaired) electrons. The van der Waals surface area contributed by atoms with Gasteiger partial charge >= 0.3 is 12.1 Å². The molecule has 30 heavy (non-hydrogen) atoms. The highest BCUT2D eigenvalue weighted by molar-refractivity contribution is 6.31. The molecule has 1 heterocycles. The minimum atomic E-state index is -5.08. The van der Waals surface area contributed by atoms with Crippen molar-refractivity contribution in [3.63, 3.8) is 0 Å². The Hall–Kier alpha value is -2.58.